The van der Waals surface area contributed by atoms with Gasteiger partial charge in [0.2, 0.25) is 0 Å². The number of benzene rings is 1. The molecule has 0 saturated heterocycles. The van der Waals surface area contributed by atoms with Crippen molar-refractivity contribution in [2.24, 2.45) is 0 Å². The average Bonchev–Trinajstić information content (AvgIpc) is 2.27. The highest BCUT2D eigenvalue weighted by atomic mass is 19.1. The summed E-state index contributed by atoms with van der Waals surface area (Å²) < 4.78 is 18.4. The third-order valence-corrected chi connectivity index (χ3v) is 2.09. The lowest BCUT2D eigenvalue weighted by molar-refractivity contribution is -0.137. The van der Waals surface area contributed by atoms with Gasteiger partial charge in [-0.05, 0) is 26.0 Å². The molecular formula is C13H13FO3. The molecule has 0 radical (unpaired) electrons. The number of ketones is 1. The highest BCUT2D eigenvalue weighted by Crippen LogP contribution is 2.15. The van der Waals surface area contributed by atoms with Gasteiger partial charge in [0.15, 0.2) is 5.78 Å². The van der Waals surface area contributed by atoms with Crippen molar-refractivity contribution in [3.05, 3.63) is 41.2 Å². The lowest BCUT2D eigenvalue weighted by Gasteiger charge is -2.01. The minimum atomic E-state index is -0.624. The molecule has 1 rings (SSSR count). The first-order valence-electron chi connectivity index (χ1n) is 5.20. The Morgan fingerprint density at radius 2 is 2.12 bits per heavy atom. The van der Waals surface area contributed by atoms with Gasteiger partial charge in [-0.25, -0.2) is 9.18 Å². The molecule has 0 bridgehead atoms. The van der Waals surface area contributed by atoms with Gasteiger partial charge in [0.25, 0.3) is 0 Å². The normalized spacial score (nSPS) is 10.5. The molecule has 90 valence electrons. The number of hydrogen-bond acceptors (Lipinski definition) is 3. The molecule has 4 heteroatoms. The fourth-order valence-electron chi connectivity index (χ4n) is 1.30. The maximum absolute atomic E-state index is 13.7. The SMILES string of the molecule is CCOC(=O)C=Cc1cccc(C(C)=O)c1F. The predicted molar refractivity (Wildman–Crippen MR) is 62.1 cm³/mol. The van der Waals surface area contributed by atoms with Crippen LogP contribution in [-0.4, -0.2) is 18.4 Å². The van der Waals surface area contributed by atoms with Gasteiger partial charge in [-0.2, -0.15) is 0 Å². The summed E-state index contributed by atoms with van der Waals surface area (Å²) >= 11 is 0. The second-order valence-electron chi connectivity index (χ2n) is 3.35. The van der Waals surface area contributed by atoms with Crippen LogP contribution in [0.2, 0.25) is 0 Å². The van der Waals surface area contributed by atoms with Crippen LogP contribution in [-0.2, 0) is 9.53 Å². The van der Waals surface area contributed by atoms with Crippen molar-refractivity contribution >= 4 is 17.8 Å². The highest BCUT2D eigenvalue weighted by Gasteiger charge is 2.09. The molecule has 0 N–H and O–H groups in total. The topological polar surface area (TPSA) is 43.4 Å². The number of halogens is 1. The third kappa shape index (κ3) is 3.52. The number of ether oxygens (including phenoxy) is 1. The number of rotatable bonds is 4. The number of carbonyl (C=O) groups excluding carboxylic acids is 2. The summed E-state index contributed by atoms with van der Waals surface area (Å²) in [6.45, 7) is 3.24. The third-order valence-electron chi connectivity index (χ3n) is 2.09. The van der Waals surface area contributed by atoms with Crippen molar-refractivity contribution in [1.82, 2.24) is 0 Å². The van der Waals surface area contributed by atoms with E-state index in [1.54, 1.807) is 13.0 Å². The van der Waals surface area contributed by atoms with E-state index in [0.717, 1.165) is 6.08 Å². The molecule has 1 aromatic rings. The van der Waals surface area contributed by atoms with Crippen LogP contribution >= 0.6 is 0 Å². The minimum Gasteiger partial charge on any atom is -0.463 e. The number of hydrogen-bond donors (Lipinski definition) is 0. The molecule has 0 spiro atoms. The Labute approximate surface area is 98.9 Å². The smallest absolute Gasteiger partial charge is 0.330 e. The molecule has 17 heavy (non-hydrogen) atoms. The van der Waals surface area contributed by atoms with Crippen LogP contribution in [0, 0.1) is 5.82 Å². The van der Waals surface area contributed by atoms with Crippen molar-refractivity contribution in [1.29, 1.82) is 0 Å². The monoisotopic (exact) mass is 236 g/mol. The van der Waals surface area contributed by atoms with Crippen molar-refractivity contribution < 1.29 is 18.7 Å². The molecule has 0 aliphatic rings. The van der Waals surface area contributed by atoms with Crippen LogP contribution < -0.4 is 0 Å². The van der Waals surface area contributed by atoms with Gasteiger partial charge in [0.05, 0.1) is 12.2 Å². The van der Waals surface area contributed by atoms with Gasteiger partial charge in [0.1, 0.15) is 5.82 Å². The second kappa shape index (κ2) is 5.94. The molecule has 0 atom stereocenters. The van der Waals surface area contributed by atoms with Crippen LogP contribution in [0.5, 0.6) is 0 Å². The van der Waals surface area contributed by atoms with E-state index in [0.29, 0.717) is 0 Å². The number of Topliss-reactive ketones (excluding diaryl/α,β-unsaturated/α-hetero) is 1. The Hall–Kier alpha value is -1.97. The summed E-state index contributed by atoms with van der Waals surface area (Å²) in [5.74, 6) is -1.52. The van der Waals surface area contributed by atoms with Crippen LogP contribution in [0.3, 0.4) is 0 Å². The van der Waals surface area contributed by atoms with E-state index in [1.165, 1.54) is 25.1 Å². The van der Waals surface area contributed by atoms with Crippen LogP contribution in [0.1, 0.15) is 29.8 Å². The Kier molecular flexibility index (Phi) is 4.57. The molecule has 0 fully saturated rings. The Morgan fingerprint density at radius 3 is 2.71 bits per heavy atom. The van der Waals surface area contributed by atoms with Gasteiger partial charge in [0, 0.05) is 11.6 Å². The van der Waals surface area contributed by atoms with Gasteiger partial charge in [-0.1, -0.05) is 12.1 Å². The van der Waals surface area contributed by atoms with Gasteiger partial charge in [-0.3, -0.25) is 4.79 Å². The lowest BCUT2D eigenvalue weighted by atomic mass is 10.1. The Bertz CT molecular complexity index is 464. The van der Waals surface area contributed by atoms with Gasteiger partial charge < -0.3 is 4.74 Å². The fourth-order valence-corrected chi connectivity index (χ4v) is 1.30. The number of carbonyl (C=O) groups is 2. The fraction of sp³-hybridized carbons (Fsp3) is 0.231. The van der Waals surface area contributed by atoms with Gasteiger partial charge in [-0.15, -0.1) is 0 Å². The van der Waals surface area contributed by atoms with E-state index < -0.39 is 11.8 Å². The minimum absolute atomic E-state index is 0.0102. The molecule has 0 aliphatic heterocycles. The molecule has 0 aromatic heterocycles. The summed E-state index contributed by atoms with van der Waals surface area (Å²) in [4.78, 5) is 22.2. The quantitative estimate of drug-likeness (QED) is 0.458. The largest absolute Gasteiger partial charge is 0.463 e. The first-order valence-corrected chi connectivity index (χ1v) is 5.20. The molecular weight excluding hydrogens is 223 g/mol. The summed E-state index contributed by atoms with van der Waals surface area (Å²) in [5, 5.41) is 0. The standard InChI is InChI=1S/C13H13FO3/c1-3-17-12(16)8-7-10-5-4-6-11(9(2)15)13(10)14/h4-8H,3H2,1-2H3. The molecule has 0 aliphatic carbocycles. The van der Waals surface area contributed by atoms with E-state index in [1.807, 2.05) is 0 Å². The zero-order valence-corrected chi connectivity index (χ0v) is 9.70. The van der Waals surface area contributed by atoms with E-state index in [9.17, 15) is 14.0 Å². The van der Waals surface area contributed by atoms with E-state index in [4.69, 9.17) is 0 Å². The summed E-state index contributed by atoms with van der Waals surface area (Å²) in [6, 6.07) is 4.45. The molecule has 1 aromatic carbocycles. The van der Waals surface area contributed by atoms with Crippen LogP contribution in [0.25, 0.3) is 6.08 Å². The molecule has 0 heterocycles. The Morgan fingerprint density at radius 1 is 1.41 bits per heavy atom. The zero-order chi connectivity index (χ0) is 12.8. The predicted octanol–water partition coefficient (Wildman–Crippen LogP) is 2.60. The molecule has 0 amide bonds. The van der Waals surface area contributed by atoms with E-state index in [-0.39, 0.29) is 23.5 Å². The summed E-state index contributed by atoms with van der Waals surface area (Å²) in [5.41, 5.74) is 0.196. The van der Waals surface area contributed by atoms with Crippen molar-refractivity contribution in [3.8, 4) is 0 Å². The summed E-state index contributed by atoms with van der Waals surface area (Å²) in [7, 11) is 0. The van der Waals surface area contributed by atoms with Crippen LogP contribution in [0.4, 0.5) is 4.39 Å². The van der Waals surface area contributed by atoms with E-state index in [2.05, 4.69) is 4.74 Å². The summed E-state index contributed by atoms with van der Waals surface area (Å²) in [6.07, 6.45) is 2.42. The first kappa shape index (κ1) is 13.1. The maximum atomic E-state index is 13.7. The maximum Gasteiger partial charge on any atom is 0.330 e. The lowest BCUT2D eigenvalue weighted by Crippen LogP contribution is -2.00. The molecule has 3 nitrogen and oxygen atoms in total. The first-order chi connectivity index (χ1) is 8.06. The highest BCUT2D eigenvalue weighted by molar-refractivity contribution is 5.95. The van der Waals surface area contributed by atoms with Crippen molar-refractivity contribution in [2.45, 2.75) is 13.8 Å². The second-order valence-corrected chi connectivity index (χ2v) is 3.35. The Balaban J connectivity index is 2.96. The van der Waals surface area contributed by atoms with Gasteiger partial charge >= 0.3 is 5.97 Å². The zero-order valence-electron chi connectivity index (χ0n) is 9.70. The average molecular weight is 236 g/mol. The molecule has 0 unspecified atom stereocenters. The van der Waals surface area contributed by atoms with E-state index >= 15 is 0 Å². The van der Waals surface area contributed by atoms with Crippen molar-refractivity contribution in [2.75, 3.05) is 6.61 Å². The molecule has 0 saturated carbocycles. The van der Waals surface area contributed by atoms with Crippen molar-refractivity contribution in [3.63, 3.8) is 0 Å². The van der Waals surface area contributed by atoms with Crippen LogP contribution in [0.15, 0.2) is 24.3 Å². The number of esters is 1.